The van der Waals surface area contributed by atoms with Crippen LogP contribution in [0.1, 0.15) is 45.6 Å². The number of hydrogen-bond acceptors (Lipinski definition) is 4. The molecule has 4 atom stereocenters. The van der Waals surface area contributed by atoms with Crippen LogP contribution in [0.15, 0.2) is 30.3 Å². The van der Waals surface area contributed by atoms with Crippen LogP contribution in [-0.2, 0) is 20.5 Å². The summed E-state index contributed by atoms with van der Waals surface area (Å²) in [4.78, 5) is 14.0. The molecule has 0 unspecified atom stereocenters. The van der Waals surface area contributed by atoms with Crippen molar-refractivity contribution >= 4 is 14.3 Å². The predicted octanol–water partition coefficient (Wildman–Crippen LogP) is 4.28. The second-order valence-corrected chi connectivity index (χ2v) is 14.6. The SMILES string of the molecule is CC(C)(C)[Si](C)(C)O[C@@H]1CC[C@H]2[C@H](C1)O[C@H](C(=O)O)CN2Cc1ccccc1. The largest absolute Gasteiger partial charge is 0.479 e. The van der Waals surface area contributed by atoms with E-state index < -0.39 is 20.4 Å². The molecule has 0 radical (unpaired) electrons. The van der Waals surface area contributed by atoms with Crippen molar-refractivity contribution in [1.82, 2.24) is 4.90 Å². The second-order valence-electron chi connectivity index (χ2n) is 9.80. The van der Waals surface area contributed by atoms with Gasteiger partial charge in [0.1, 0.15) is 0 Å². The van der Waals surface area contributed by atoms with E-state index in [2.05, 4.69) is 50.9 Å². The van der Waals surface area contributed by atoms with E-state index >= 15 is 0 Å². The molecule has 2 aliphatic rings. The van der Waals surface area contributed by atoms with Crippen LogP contribution in [0.3, 0.4) is 0 Å². The van der Waals surface area contributed by atoms with Crippen LogP contribution in [0.5, 0.6) is 0 Å². The first-order valence-corrected chi connectivity index (χ1v) is 13.3. The summed E-state index contributed by atoms with van der Waals surface area (Å²) >= 11 is 0. The molecule has 1 N–H and O–H groups in total. The van der Waals surface area contributed by atoms with Gasteiger partial charge in [0.2, 0.25) is 0 Å². The molecule has 6 heteroatoms. The normalized spacial score (nSPS) is 29.3. The molecule has 1 saturated carbocycles. The molecule has 3 rings (SSSR count). The van der Waals surface area contributed by atoms with Crippen LogP contribution in [0.25, 0.3) is 0 Å². The summed E-state index contributed by atoms with van der Waals surface area (Å²) in [5.41, 5.74) is 1.21. The van der Waals surface area contributed by atoms with E-state index in [1.54, 1.807) is 0 Å². The molecule has 1 aromatic carbocycles. The Morgan fingerprint density at radius 1 is 1.25 bits per heavy atom. The average Bonchev–Trinajstić information content (AvgIpc) is 2.60. The minimum Gasteiger partial charge on any atom is -0.479 e. The first-order chi connectivity index (χ1) is 13.1. The summed E-state index contributed by atoms with van der Waals surface area (Å²) in [5, 5.41) is 9.76. The maximum Gasteiger partial charge on any atom is 0.334 e. The van der Waals surface area contributed by atoms with Crippen molar-refractivity contribution in [2.45, 2.75) is 89.1 Å². The van der Waals surface area contributed by atoms with Gasteiger partial charge in [-0.1, -0.05) is 51.1 Å². The van der Waals surface area contributed by atoms with Crippen LogP contribution in [0.2, 0.25) is 18.1 Å². The number of rotatable bonds is 5. The maximum absolute atomic E-state index is 11.7. The van der Waals surface area contributed by atoms with Gasteiger partial charge < -0.3 is 14.3 Å². The van der Waals surface area contributed by atoms with Crippen molar-refractivity contribution in [2.24, 2.45) is 0 Å². The van der Waals surface area contributed by atoms with Crippen molar-refractivity contribution < 1.29 is 19.1 Å². The van der Waals surface area contributed by atoms with Gasteiger partial charge in [0, 0.05) is 31.7 Å². The lowest BCUT2D eigenvalue weighted by Gasteiger charge is -2.49. The highest BCUT2D eigenvalue weighted by molar-refractivity contribution is 6.74. The quantitative estimate of drug-likeness (QED) is 0.741. The van der Waals surface area contributed by atoms with Crippen LogP contribution in [-0.4, -0.2) is 55.2 Å². The van der Waals surface area contributed by atoms with E-state index in [4.69, 9.17) is 9.16 Å². The lowest BCUT2D eigenvalue weighted by atomic mass is 9.87. The molecular weight excluding hydrogens is 370 g/mol. The fourth-order valence-corrected chi connectivity index (χ4v) is 5.48. The van der Waals surface area contributed by atoms with Gasteiger partial charge in [0.05, 0.1) is 6.10 Å². The standard InChI is InChI=1S/C22H35NO4Si/c1-22(2,3)28(4,5)27-17-11-12-18-19(13-17)26-20(21(24)25)15-23(18)14-16-9-7-6-8-10-16/h6-10,17-20H,11-15H2,1-5H3,(H,24,25)/t17-,18+,19+,20+/m1/s1. The first kappa shape index (κ1) is 21.5. The molecule has 1 aliphatic carbocycles. The fraction of sp³-hybridized carbons (Fsp3) is 0.682. The summed E-state index contributed by atoms with van der Waals surface area (Å²) in [6.07, 6.45) is 2.10. The highest BCUT2D eigenvalue weighted by atomic mass is 28.4. The molecule has 5 nitrogen and oxygen atoms in total. The summed E-state index contributed by atoms with van der Waals surface area (Å²) in [6.45, 7) is 12.5. The minimum atomic E-state index is -1.85. The topological polar surface area (TPSA) is 59.0 Å². The number of benzene rings is 1. The lowest BCUT2D eigenvalue weighted by molar-refractivity contribution is -0.181. The summed E-state index contributed by atoms with van der Waals surface area (Å²) in [5.74, 6) is -0.871. The summed E-state index contributed by atoms with van der Waals surface area (Å²) < 4.78 is 12.7. The zero-order chi connectivity index (χ0) is 20.5. The predicted molar refractivity (Wildman–Crippen MR) is 113 cm³/mol. The molecule has 0 amide bonds. The van der Waals surface area contributed by atoms with E-state index in [0.717, 1.165) is 25.8 Å². The summed E-state index contributed by atoms with van der Waals surface area (Å²) in [6, 6.07) is 10.5. The van der Waals surface area contributed by atoms with Crippen LogP contribution in [0, 0.1) is 0 Å². The Labute approximate surface area is 170 Å². The van der Waals surface area contributed by atoms with Crippen molar-refractivity contribution in [3.05, 3.63) is 35.9 Å². The van der Waals surface area contributed by atoms with E-state index in [9.17, 15) is 9.90 Å². The maximum atomic E-state index is 11.7. The van der Waals surface area contributed by atoms with Crippen molar-refractivity contribution in [3.8, 4) is 0 Å². The van der Waals surface area contributed by atoms with E-state index in [1.165, 1.54) is 5.56 Å². The zero-order valence-corrected chi connectivity index (χ0v) is 18.9. The number of ether oxygens (including phenoxy) is 1. The molecule has 1 saturated heterocycles. The van der Waals surface area contributed by atoms with E-state index in [1.807, 2.05) is 18.2 Å². The Morgan fingerprint density at radius 2 is 1.93 bits per heavy atom. The number of hydrogen-bond donors (Lipinski definition) is 1. The van der Waals surface area contributed by atoms with E-state index in [0.29, 0.717) is 6.54 Å². The number of fused-ring (bicyclic) bond motifs is 1. The second kappa shape index (κ2) is 8.26. The summed E-state index contributed by atoms with van der Waals surface area (Å²) in [7, 11) is -1.85. The Hall–Kier alpha value is -1.21. The Balaban J connectivity index is 1.72. The molecule has 1 heterocycles. The van der Waals surface area contributed by atoms with Crippen molar-refractivity contribution in [2.75, 3.05) is 6.54 Å². The first-order valence-electron chi connectivity index (χ1n) is 10.4. The van der Waals surface area contributed by atoms with Crippen LogP contribution < -0.4 is 0 Å². The molecule has 0 bridgehead atoms. The highest BCUT2D eigenvalue weighted by Gasteiger charge is 2.46. The molecule has 0 spiro atoms. The van der Waals surface area contributed by atoms with Crippen LogP contribution >= 0.6 is 0 Å². The number of carboxylic acids is 1. The number of aliphatic carboxylic acids is 1. The third kappa shape index (κ3) is 4.85. The van der Waals surface area contributed by atoms with Crippen LogP contribution in [0.4, 0.5) is 0 Å². The third-order valence-corrected chi connectivity index (χ3v) is 11.2. The number of carboxylic acid groups (broad SMARTS) is 1. The Morgan fingerprint density at radius 3 is 2.54 bits per heavy atom. The van der Waals surface area contributed by atoms with Gasteiger partial charge in [-0.2, -0.15) is 0 Å². The Bertz CT molecular complexity index is 673. The molecule has 156 valence electrons. The smallest absolute Gasteiger partial charge is 0.334 e. The molecule has 2 fully saturated rings. The fourth-order valence-electron chi connectivity index (χ4n) is 4.08. The van der Waals surface area contributed by atoms with Gasteiger partial charge in [0.25, 0.3) is 0 Å². The average molecular weight is 406 g/mol. The molecular formula is C22H35NO4Si. The molecule has 1 aliphatic heterocycles. The highest BCUT2D eigenvalue weighted by Crippen LogP contribution is 2.40. The number of morpholine rings is 1. The molecule has 28 heavy (non-hydrogen) atoms. The van der Waals surface area contributed by atoms with Crippen molar-refractivity contribution in [3.63, 3.8) is 0 Å². The van der Waals surface area contributed by atoms with E-state index in [-0.39, 0.29) is 23.3 Å². The van der Waals surface area contributed by atoms with Gasteiger partial charge in [-0.15, -0.1) is 0 Å². The molecule has 0 aromatic heterocycles. The van der Waals surface area contributed by atoms with Gasteiger partial charge in [-0.25, -0.2) is 4.79 Å². The zero-order valence-electron chi connectivity index (χ0n) is 17.9. The lowest BCUT2D eigenvalue weighted by Crippen LogP contribution is -2.59. The number of nitrogens with zero attached hydrogens (tertiary/aromatic N) is 1. The van der Waals surface area contributed by atoms with Crippen molar-refractivity contribution in [1.29, 1.82) is 0 Å². The van der Waals surface area contributed by atoms with Gasteiger partial charge >= 0.3 is 5.97 Å². The molecule has 1 aromatic rings. The monoisotopic (exact) mass is 405 g/mol. The minimum absolute atomic E-state index is 0.0814. The van der Waals surface area contributed by atoms with Gasteiger partial charge in [-0.05, 0) is 36.5 Å². The van der Waals surface area contributed by atoms with Gasteiger partial charge in [0.15, 0.2) is 14.4 Å². The van der Waals surface area contributed by atoms with Gasteiger partial charge in [-0.3, -0.25) is 4.90 Å². The number of carbonyl (C=O) groups is 1. The third-order valence-electron chi connectivity index (χ3n) is 6.69. The Kier molecular flexibility index (Phi) is 6.34.